The van der Waals surface area contributed by atoms with Crippen molar-refractivity contribution in [3.05, 3.63) is 119 Å². The largest absolute Gasteiger partial charge is 0.105 e. The first kappa shape index (κ1) is 19.4. The summed E-state index contributed by atoms with van der Waals surface area (Å²) in [5.41, 5.74) is 6.53. The summed E-state index contributed by atoms with van der Waals surface area (Å²) in [6, 6.07) is 36.3. The van der Waals surface area contributed by atoms with Gasteiger partial charge in [-0.2, -0.15) is 0 Å². The Bertz CT molecular complexity index is 1200. The van der Waals surface area contributed by atoms with Crippen LogP contribution in [-0.2, 0) is 18.3 Å². The Balaban J connectivity index is 1.62. The fourth-order valence-electron chi connectivity index (χ4n) is 5.97. The zero-order valence-electron chi connectivity index (χ0n) is 17.6. The van der Waals surface area contributed by atoms with Gasteiger partial charge in [0.1, 0.15) is 0 Å². The molecule has 2 atom stereocenters. The molecule has 0 saturated carbocycles. The van der Waals surface area contributed by atoms with E-state index in [-0.39, 0.29) is 5.41 Å². The summed E-state index contributed by atoms with van der Waals surface area (Å²) in [6.07, 6.45) is 4.86. The summed E-state index contributed by atoms with van der Waals surface area (Å²) in [5.74, 6) is 0. The maximum Gasteiger partial charge on any atom is 0.0227 e. The molecule has 0 saturated heterocycles. The molecule has 4 aromatic rings. The van der Waals surface area contributed by atoms with Gasteiger partial charge in [-0.3, -0.25) is 0 Å². The fraction of sp³-hybridized carbons (Fsp3) is 0.172. The van der Waals surface area contributed by atoms with Gasteiger partial charge < -0.3 is 0 Å². The molecule has 2 aliphatic carbocycles. The molecule has 0 bridgehead atoms. The molecule has 4 aromatic carbocycles. The highest BCUT2D eigenvalue weighted by Gasteiger charge is 2.47. The van der Waals surface area contributed by atoms with Crippen molar-refractivity contribution in [2.45, 2.75) is 31.1 Å². The van der Waals surface area contributed by atoms with E-state index in [0.29, 0.717) is 0 Å². The van der Waals surface area contributed by atoms with Crippen molar-refractivity contribution >= 4 is 38.4 Å². The molecule has 0 N–H and O–H groups in total. The molecule has 0 aliphatic heterocycles. The van der Waals surface area contributed by atoms with Gasteiger partial charge in [0.15, 0.2) is 0 Å². The minimum Gasteiger partial charge on any atom is -0.105 e. The van der Waals surface area contributed by atoms with E-state index in [0.717, 1.165) is 0 Å². The highest BCUT2D eigenvalue weighted by molar-refractivity contribution is 7.79. The lowest BCUT2D eigenvalue weighted by Crippen LogP contribution is -2.33. The number of benzene rings is 4. The second-order valence-electron chi connectivity index (χ2n) is 8.78. The predicted octanol–water partition coefficient (Wildman–Crippen LogP) is 5.12. The van der Waals surface area contributed by atoms with Crippen molar-refractivity contribution in [1.29, 1.82) is 0 Å². The molecule has 1 spiro atoms. The molecule has 0 radical (unpaired) electrons. The van der Waals surface area contributed by atoms with E-state index >= 15 is 0 Å². The van der Waals surface area contributed by atoms with Crippen LogP contribution in [0.1, 0.15) is 35.1 Å². The van der Waals surface area contributed by atoms with Gasteiger partial charge in [0, 0.05) is 5.41 Å². The van der Waals surface area contributed by atoms with E-state index in [2.05, 4.69) is 106 Å². The van der Waals surface area contributed by atoms with Crippen LogP contribution in [0.25, 0.3) is 0 Å². The molecule has 1 unspecified atom stereocenters. The van der Waals surface area contributed by atoms with Crippen LogP contribution in [0.15, 0.2) is 97.1 Å². The topological polar surface area (TPSA) is 0 Å². The van der Waals surface area contributed by atoms with E-state index in [1.165, 1.54) is 41.6 Å². The Morgan fingerprint density at radius 3 is 1.74 bits per heavy atom. The molecule has 152 valence electrons. The average molecular weight is 436 g/mol. The van der Waals surface area contributed by atoms with Crippen LogP contribution in [0.5, 0.6) is 0 Å². The standard InChI is InChI=1S/C29H26P2/c30-25-15-7-9-21-17-19-29(27(21)25)20-18-22-10-8-16-26(28(22)29)31(23-11-3-1-4-12-23)24-13-5-2-6-14-24/h1-16H,17-20,30H2/t29-/m1/s1. The zero-order chi connectivity index (χ0) is 20.8. The third kappa shape index (κ3) is 3.04. The summed E-state index contributed by atoms with van der Waals surface area (Å²) >= 11 is 0. The number of hydrogen-bond donors (Lipinski definition) is 0. The number of aryl methyl sites for hydroxylation is 2. The Labute approximate surface area is 188 Å². The van der Waals surface area contributed by atoms with Gasteiger partial charge in [-0.1, -0.05) is 97.1 Å². The van der Waals surface area contributed by atoms with E-state index < -0.39 is 7.92 Å². The third-order valence-corrected chi connectivity index (χ3v) is 10.1. The summed E-state index contributed by atoms with van der Waals surface area (Å²) in [6.45, 7) is 0. The highest BCUT2D eigenvalue weighted by Crippen LogP contribution is 2.53. The van der Waals surface area contributed by atoms with Crippen LogP contribution in [0.4, 0.5) is 0 Å². The molecule has 2 aliphatic rings. The van der Waals surface area contributed by atoms with Gasteiger partial charge in [-0.15, -0.1) is 9.24 Å². The minimum absolute atomic E-state index is 0.170. The van der Waals surface area contributed by atoms with E-state index in [1.54, 1.807) is 27.6 Å². The molecular weight excluding hydrogens is 410 g/mol. The highest BCUT2D eigenvalue weighted by atomic mass is 31.1. The molecule has 0 nitrogen and oxygen atoms in total. The molecule has 0 amide bonds. The third-order valence-electron chi connectivity index (χ3n) is 7.18. The average Bonchev–Trinajstić information content (AvgIpc) is 3.39. The lowest BCUT2D eigenvalue weighted by atomic mass is 9.76. The molecule has 0 heterocycles. The fourth-order valence-corrected chi connectivity index (χ4v) is 9.16. The van der Waals surface area contributed by atoms with Crippen LogP contribution in [-0.4, -0.2) is 0 Å². The lowest BCUT2D eigenvalue weighted by Gasteiger charge is -2.33. The number of rotatable bonds is 3. The summed E-state index contributed by atoms with van der Waals surface area (Å²) in [5, 5.41) is 5.83. The first-order valence-electron chi connectivity index (χ1n) is 11.2. The van der Waals surface area contributed by atoms with Crippen LogP contribution in [0, 0.1) is 0 Å². The van der Waals surface area contributed by atoms with E-state index in [1.807, 2.05) is 0 Å². The summed E-state index contributed by atoms with van der Waals surface area (Å²) in [4.78, 5) is 0. The van der Waals surface area contributed by atoms with Crippen molar-refractivity contribution in [3.63, 3.8) is 0 Å². The van der Waals surface area contributed by atoms with E-state index in [9.17, 15) is 0 Å². The first-order chi connectivity index (χ1) is 15.3. The molecule has 0 fully saturated rings. The van der Waals surface area contributed by atoms with Crippen molar-refractivity contribution in [3.8, 4) is 0 Å². The summed E-state index contributed by atoms with van der Waals surface area (Å²) in [7, 11) is 2.45. The second kappa shape index (κ2) is 7.70. The Morgan fingerprint density at radius 2 is 1.13 bits per heavy atom. The first-order valence-corrected chi connectivity index (χ1v) is 13.1. The molecule has 2 heteroatoms. The van der Waals surface area contributed by atoms with Crippen molar-refractivity contribution in [2.24, 2.45) is 0 Å². The smallest absolute Gasteiger partial charge is 0.0227 e. The van der Waals surface area contributed by atoms with Gasteiger partial charge in [0.2, 0.25) is 0 Å². The van der Waals surface area contributed by atoms with Crippen molar-refractivity contribution in [2.75, 3.05) is 0 Å². The number of hydrogen-bond acceptors (Lipinski definition) is 0. The molecule has 31 heavy (non-hydrogen) atoms. The van der Waals surface area contributed by atoms with Crippen molar-refractivity contribution < 1.29 is 0 Å². The van der Waals surface area contributed by atoms with Crippen LogP contribution in [0.3, 0.4) is 0 Å². The lowest BCUT2D eigenvalue weighted by molar-refractivity contribution is 0.512. The monoisotopic (exact) mass is 436 g/mol. The number of fused-ring (bicyclic) bond motifs is 4. The van der Waals surface area contributed by atoms with Gasteiger partial charge in [-0.25, -0.2) is 0 Å². The minimum atomic E-state index is -0.597. The van der Waals surface area contributed by atoms with Gasteiger partial charge in [0.05, 0.1) is 0 Å². The maximum absolute atomic E-state index is 3.04. The van der Waals surface area contributed by atoms with Crippen LogP contribution in [0.2, 0.25) is 0 Å². The second-order valence-corrected chi connectivity index (χ2v) is 11.6. The van der Waals surface area contributed by atoms with Gasteiger partial charge in [0.25, 0.3) is 0 Å². The molecule has 6 rings (SSSR count). The normalized spacial score (nSPS) is 19.0. The maximum atomic E-state index is 3.04. The molecular formula is C29H26P2. The van der Waals surface area contributed by atoms with Crippen LogP contribution < -0.4 is 21.2 Å². The van der Waals surface area contributed by atoms with Gasteiger partial charge >= 0.3 is 0 Å². The predicted molar refractivity (Wildman–Crippen MR) is 138 cm³/mol. The Morgan fingerprint density at radius 1 is 0.581 bits per heavy atom. The Kier molecular flexibility index (Phi) is 4.83. The Hall–Kier alpha value is -2.26. The van der Waals surface area contributed by atoms with Gasteiger partial charge in [-0.05, 0) is 77.1 Å². The SMILES string of the molecule is Pc1cccc2c1[C@@]1(CC2)CCc2cccc(P(c3ccccc3)c3ccccc3)c21. The zero-order valence-corrected chi connectivity index (χ0v) is 19.6. The summed E-state index contributed by atoms with van der Waals surface area (Å²) < 4.78 is 0. The van der Waals surface area contributed by atoms with Crippen LogP contribution >= 0.6 is 17.2 Å². The molecule has 0 aromatic heterocycles. The quantitative estimate of drug-likeness (QED) is 0.391. The van der Waals surface area contributed by atoms with E-state index in [4.69, 9.17) is 0 Å². The van der Waals surface area contributed by atoms with Crippen molar-refractivity contribution in [1.82, 2.24) is 0 Å².